The van der Waals surface area contributed by atoms with Gasteiger partial charge in [0.05, 0.1) is 30.5 Å². The van der Waals surface area contributed by atoms with Crippen LogP contribution in [0.25, 0.3) is 5.69 Å². The minimum Gasteiger partial charge on any atom is -0.465 e. The molecule has 0 amide bonds. The zero-order valence-corrected chi connectivity index (χ0v) is 20.0. The molecule has 1 N–H and O–H groups in total. The Morgan fingerprint density at radius 3 is 2.76 bits per heavy atom. The lowest BCUT2D eigenvalue weighted by Crippen LogP contribution is -2.33. The minimum atomic E-state index is -0.356. The highest BCUT2D eigenvalue weighted by Crippen LogP contribution is 2.39. The van der Waals surface area contributed by atoms with Crippen molar-refractivity contribution in [3.63, 3.8) is 0 Å². The molecule has 1 aliphatic rings. The van der Waals surface area contributed by atoms with E-state index in [1.165, 1.54) is 7.11 Å². The molecule has 4 rings (SSSR count). The van der Waals surface area contributed by atoms with E-state index in [-0.39, 0.29) is 18.1 Å². The summed E-state index contributed by atoms with van der Waals surface area (Å²) in [4.78, 5) is 21.2. The highest BCUT2D eigenvalue weighted by atomic mass is 32.1. The summed E-state index contributed by atoms with van der Waals surface area (Å²) in [5.74, 6) is -0.356. The summed E-state index contributed by atoms with van der Waals surface area (Å²) in [6.07, 6.45) is 4.81. The number of carbonyl (C=O) groups excluding carboxylic acids is 1. The highest BCUT2D eigenvalue weighted by Gasteiger charge is 2.41. The standard InChI is InChI=1S/C25H29N5O2S/c1-28(2)14-8-16-30-23(22(27-25(30)33)20-11-4-5-13-26-20)21-12-7-15-29(21)19-10-6-9-18(17-19)24(31)32-3/h4-7,9-13,15,17,22-23H,8,14,16H2,1-3H3,(H,27,33)/t22-,23+/m1/s1. The topological polar surface area (TPSA) is 62.6 Å². The number of methoxy groups -OCH3 is 1. The van der Waals surface area contributed by atoms with Gasteiger partial charge in [-0.1, -0.05) is 12.1 Å². The van der Waals surface area contributed by atoms with Crippen molar-refractivity contribution in [1.82, 2.24) is 24.7 Å². The first-order chi connectivity index (χ1) is 16.0. The number of esters is 1. The fourth-order valence-corrected chi connectivity index (χ4v) is 4.63. The van der Waals surface area contributed by atoms with Crippen LogP contribution in [0.15, 0.2) is 67.0 Å². The first kappa shape index (κ1) is 22.9. The van der Waals surface area contributed by atoms with E-state index >= 15 is 0 Å². The van der Waals surface area contributed by atoms with E-state index in [9.17, 15) is 4.79 Å². The molecular formula is C25H29N5O2S. The molecule has 0 aliphatic carbocycles. The second-order valence-electron chi connectivity index (χ2n) is 8.32. The predicted molar refractivity (Wildman–Crippen MR) is 132 cm³/mol. The van der Waals surface area contributed by atoms with Crippen molar-refractivity contribution in [1.29, 1.82) is 0 Å². The number of rotatable bonds is 8. The van der Waals surface area contributed by atoms with Crippen LogP contribution >= 0.6 is 12.2 Å². The fraction of sp³-hybridized carbons (Fsp3) is 0.320. The number of thiocarbonyl (C=S) groups is 1. The molecule has 0 spiro atoms. The third kappa shape index (κ3) is 4.91. The Kier molecular flexibility index (Phi) is 7.05. The summed E-state index contributed by atoms with van der Waals surface area (Å²) in [5, 5.41) is 4.24. The number of hydrogen-bond donors (Lipinski definition) is 1. The summed E-state index contributed by atoms with van der Waals surface area (Å²) in [6, 6.07) is 17.4. The second-order valence-corrected chi connectivity index (χ2v) is 8.71. The molecular weight excluding hydrogens is 434 g/mol. The number of ether oxygens (including phenoxy) is 1. The first-order valence-electron chi connectivity index (χ1n) is 11.0. The van der Waals surface area contributed by atoms with Crippen LogP contribution in [0.1, 0.15) is 40.3 Å². The molecule has 8 heteroatoms. The van der Waals surface area contributed by atoms with Crippen molar-refractivity contribution in [2.45, 2.75) is 18.5 Å². The average Bonchev–Trinajstić information content (AvgIpc) is 3.43. The number of carbonyl (C=O) groups is 1. The van der Waals surface area contributed by atoms with Crippen molar-refractivity contribution in [2.75, 3.05) is 34.3 Å². The van der Waals surface area contributed by atoms with Crippen molar-refractivity contribution in [3.8, 4) is 5.69 Å². The van der Waals surface area contributed by atoms with E-state index in [4.69, 9.17) is 17.0 Å². The Hall–Kier alpha value is -3.23. The molecule has 1 aromatic carbocycles. The normalized spacial score (nSPS) is 17.9. The quantitative estimate of drug-likeness (QED) is 0.405. The molecule has 0 unspecified atom stereocenters. The van der Waals surface area contributed by atoms with Crippen LogP contribution in [0.2, 0.25) is 0 Å². The molecule has 7 nitrogen and oxygen atoms in total. The Morgan fingerprint density at radius 1 is 1.18 bits per heavy atom. The van der Waals surface area contributed by atoms with Crippen LogP contribution in [0.5, 0.6) is 0 Å². The van der Waals surface area contributed by atoms with Gasteiger partial charge in [-0.05, 0) is 81.7 Å². The molecule has 3 heterocycles. The van der Waals surface area contributed by atoms with Gasteiger partial charge in [0.1, 0.15) is 0 Å². The van der Waals surface area contributed by atoms with Crippen molar-refractivity contribution in [2.24, 2.45) is 0 Å². The molecule has 172 valence electrons. The third-order valence-corrected chi connectivity index (χ3v) is 6.18. The zero-order valence-electron chi connectivity index (χ0n) is 19.1. The van der Waals surface area contributed by atoms with E-state index in [1.54, 1.807) is 6.07 Å². The molecule has 0 saturated carbocycles. The van der Waals surface area contributed by atoms with E-state index < -0.39 is 0 Å². The zero-order chi connectivity index (χ0) is 23.4. The molecule has 2 aromatic heterocycles. The summed E-state index contributed by atoms with van der Waals surface area (Å²) in [5.41, 5.74) is 3.42. The maximum Gasteiger partial charge on any atom is 0.337 e. The second kappa shape index (κ2) is 10.1. The maximum atomic E-state index is 12.1. The van der Waals surface area contributed by atoms with Gasteiger partial charge in [0, 0.05) is 30.3 Å². The Morgan fingerprint density at radius 2 is 2.03 bits per heavy atom. The van der Waals surface area contributed by atoms with Crippen LogP contribution < -0.4 is 5.32 Å². The molecule has 1 fully saturated rings. The van der Waals surface area contributed by atoms with Gasteiger partial charge in [0.15, 0.2) is 5.11 Å². The number of benzene rings is 1. The lowest BCUT2D eigenvalue weighted by Gasteiger charge is -2.29. The molecule has 3 aromatic rings. The van der Waals surface area contributed by atoms with Crippen LogP contribution in [0.4, 0.5) is 0 Å². The van der Waals surface area contributed by atoms with E-state index in [2.05, 4.69) is 44.8 Å². The van der Waals surface area contributed by atoms with Gasteiger partial charge in [0.25, 0.3) is 0 Å². The van der Waals surface area contributed by atoms with Crippen molar-refractivity contribution < 1.29 is 9.53 Å². The van der Waals surface area contributed by atoms with E-state index in [0.717, 1.165) is 41.7 Å². The lowest BCUT2D eigenvalue weighted by atomic mass is 10.0. The summed E-state index contributed by atoms with van der Waals surface area (Å²) < 4.78 is 7.03. The van der Waals surface area contributed by atoms with Crippen LogP contribution in [-0.2, 0) is 4.74 Å². The van der Waals surface area contributed by atoms with Gasteiger partial charge < -0.3 is 24.4 Å². The number of aromatic nitrogens is 2. The molecule has 0 bridgehead atoms. The van der Waals surface area contributed by atoms with Gasteiger partial charge in [-0.3, -0.25) is 4.98 Å². The van der Waals surface area contributed by atoms with E-state index in [1.807, 2.05) is 54.9 Å². The average molecular weight is 464 g/mol. The van der Waals surface area contributed by atoms with Gasteiger partial charge in [-0.15, -0.1) is 0 Å². The van der Waals surface area contributed by atoms with Crippen LogP contribution in [0, 0.1) is 0 Å². The summed E-state index contributed by atoms with van der Waals surface area (Å²) >= 11 is 5.78. The number of hydrogen-bond acceptors (Lipinski definition) is 5. The summed E-state index contributed by atoms with van der Waals surface area (Å²) in [7, 11) is 5.55. The number of pyridine rings is 1. The smallest absolute Gasteiger partial charge is 0.337 e. The van der Waals surface area contributed by atoms with Gasteiger partial charge in [-0.2, -0.15) is 0 Å². The molecule has 33 heavy (non-hydrogen) atoms. The maximum absolute atomic E-state index is 12.1. The third-order valence-electron chi connectivity index (χ3n) is 5.83. The highest BCUT2D eigenvalue weighted by molar-refractivity contribution is 7.80. The predicted octanol–water partition coefficient (Wildman–Crippen LogP) is 3.58. The Balaban J connectivity index is 1.74. The molecule has 1 saturated heterocycles. The molecule has 2 atom stereocenters. The number of nitrogens with zero attached hydrogens (tertiary/aromatic N) is 4. The molecule has 0 radical (unpaired) electrons. The fourth-order valence-electron chi connectivity index (χ4n) is 4.30. The van der Waals surface area contributed by atoms with Crippen LogP contribution in [0.3, 0.4) is 0 Å². The summed E-state index contributed by atoms with van der Waals surface area (Å²) in [6.45, 7) is 1.80. The van der Waals surface area contributed by atoms with Gasteiger partial charge >= 0.3 is 5.97 Å². The van der Waals surface area contributed by atoms with Crippen LogP contribution in [-0.4, -0.2) is 64.7 Å². The van der Waals surface area contributed by atoms with Gasteiger partial charge in [0.2, 0.25) is 0 Å². The lowest BCUT2D eigenvalue weighted by molar-refractivity contribution is 0.0600. The Bertz CT molecular complexity index is 1110. The van der Waals surface area contributed by atoms with E-state index in [0.29, 0.717) is 5.56 Å². The Labute approximate surface area is 200 Å². The monoisotopic (exact) mass is 463 g/mol. The van der Waals surface area contributed by atoms with Crippen molar-refractivity contribution in [3.05, 3.63) is 83.9 Å². The SMILES string of the molecule is COC(=O)c1cccc(-n2cccc2[C@H]2[C@@H](c3ccccn3)NC(=S)N2CCCN(C)C)c1. The minimum absolute atomic E-state index is 0.0497. The van der Waals surface area contributed by atoms with Gasteiger partial charge in [-0.25, -0.2) is 4.79 Å². The molecule has 1 aliphatic heterocycles. The number of nitrogens with one attached hydrogen (secondary N) is 1. The van der Waals surface area contributed by atoms with Crippen molar-refractivity contribution >= 4 is 23.3 Å². The first-order valence-corrected chi connectivity index (χ1v) is 11.4. The largest absolute Gasteiger partial charge is 0.465 e.